The van der Waals surface area contributed by atoms with Gasteiger partial charge in [-0.15, -0.1) is 0 Å². The third kappa shape index (κ3) is 4.67. The summed E-state index contributed by atoms with van der Waals surface area (Å²) >= 11 is 3.43. The zero-order valence-corrected chi connectivity index (χ0v) is 15.7. The Hall–Kier alpha value is -1.72. The van der Waals surface area contributed by atoms with Crippen LogP contribution in [-0.4, -0.2) is 30.5 Å². The number of morpholine rings is 1. The van der Waals surface area contributed by atoms with Gasteiger partial charge in [0.05, 0.1) is 13.2 Å². The third-order valence-electron chi connectivity index (χ3n) is 4.47. The second-order valence-electron chi connectivity index (χ2n) is 6.43. The molecule has 0 aromatic heterocycles. The van der Waals surface area contributed by atoms with E-state index in [4.69, 9.17) is 4.74 Å². The summed E-state index contributed by atoms with van der Waals surface area (Å²) in [6, 6.07) is 14.4. The Morgan fingerprint density at radius 1 is 1.32 bits per heavy atom. The van der Waals surface area contributed by atoms with Gasteiger partial charge in [0.25, 0.3) is 0 Å². The minimum atomic E-state index is -0.265. The van der Waals surface area contributed by atoms with Crippen LogP contribution >= 0.6 is 15.9 Å². The first-order valence-electron chi connectivity index (χ1n) is 8.43. The predicted molar refractivity (Wildman–Crippen MR) is 98.7 cm³/mol. The summed E-state index contributed by atoms with van der Waals surface area (Å²) in [6.45, 7) is 3.57. The highest BCUT2D eigenvalue weighted by molar-refractivity contribution is 9.10. The molecule has 1 saturated heterocycles. The Morgan fingerprint density at radius 3 is 2.80 bits per heavy atom. The maximum absolute atomic E-state index is 13.3. The minimum Gasteiger partial charge on any atom is -0.370 e. The number of nitrogens with zero attached hydrogens (tertiary/aromatic N) is 1. The number of hydrogen-bond acceptors (Lipinski definition) is 2. The molecule has 0 aliphatic carbocycles. The first-order chi connectivity index (χ1) is 12.0. The molecule has 1 aliphatic rings. The van der Waals surface area contributed by atoms with Gasteiger partial charge in [-0.25, -0.2) is 4.39 Å². The lowest BCUT2D eigenvalue weighted by Gasteiger charge is -2.34. The number of benzene rings is 2. The van der Waals surface area contributed by atoms with Crippen molar-refractivity contribution in [3.63, 3.8) is 0 Å². The molecule has 0 spiro atoms. The molecule has 2 aromatic carbocycles. The molecule has 25 heavy (non-hydrogen) atoms. The van der Waals surface area contributed by atoms with Gasteiger partial charge in [-0.3, -0.25) is 4.79 Å². The van der Waals surface area contributed by atoms with Crippen molar-refractivity contribution in [1.82, 2.24) is 4.90 Å². The van der Waals surface area contributed by atoms with E-state index in [0.717, 1.165) is 15.6 Å². The maximum Gasteiger partial charge on any atom is 0.225 e. The molecular weight excluding hydrogens is 385 g/mol. The number of halogens is 2. The molecule has 0 N–H and O–H groups in total. The lowest BCUT2D eigenvalue weighted by atomic mass is 9.99. The molecule has 0 radical (unpaired) electrons. The number of carbonyl (C=O) groups excluding carboxylic acids is 1. The Labute approximate surface area is 155 Å². The standard InChI is InChI=1S/C20H21BrFNO2/c1-14(11-15-3-2-4-18(22)12-15)20(24)23-9-10-25-19(13-23)16-5-7-17(21)8-6-16/h2-8,12,14,19H,9-11,13H2,1H3. The van der Waals surface area contributed by atoms with Crippen LogP contribution in [0.4, 0.5) is 4.39 Å². The van der Waals surface area contributed by atoms with E-state index in [1.807, 2.05) is 42.2 Å². The molecular formula is C20H21BrFNO2. The average molecular weight is 406 g/mol. The van der Waals surface area contributed by atoms with Gasteiger partial charge in [0.15, 0.2) is 0 Å². The van der Waals surface area contributed by atoms with E-state index in [-0.39, 0.29) is 23.7 Å². The summed E-state index contributed by atoms with van der Waals surface area (Å²) in [4.78, 5) is 14.6. The van der Waals surface area contributed by atoms with Gasteiger partial charge in [0.1, 0.15) is 11.9 Å². The number of rotatable bonds is 4. The number of carbonyl (C=O) groups is 1. The molecule has 132 valence electrons. The fourth-order valence-electron chi connectivity index (χ4n) is 3.15. The SMILES string of the molecule is CC(Cc1cccc(F)c1)C(=O)N1CCOC(c2ccc(Br)cc2)C1. The summed E-state index contributed by atoms with van der Waals surface area (Å²) in [5, 5.41) is 0. The Balaban J connectivity index is 1.64. The molecule has 3 nitrogen and oxygen atoms in total. The molecule has 1 fully saturated rings. The van der Waals surface area contributed by atoms with Crippen LogP contribution in [0.5, 0.6) is 0 Å². The average Bonchev–Trinajstić information content (AvgIpc) is 2.62. The molecule has 2 atom stereocenters. The third-order valence-corrected chi connectivity index (χ3v) is 5.00. The van der Waals surface area contributed by atoms with Crippen molar-refractivity contribution in [1.29, 1.82) is 0 Å². The van der Waals surface area contributed by atoms with E-state index in [0.29, 0.717) is 26.1 Å². The van der Waals surface area contributed by atoms with E-state index in [9.17, 15) is 9.18 Å². The molecule has 5 heteroatoms. The molecule has 1 aliphatic heterocycles. The van der Waals surface area contributed by atoms with Gasteiger partial charge in [0, 0.05) is 16.9 Å². The van der Waals surface area contributed by atoms with Crippen LogP contribution in [0.1, 0.15) is 24.2 Å². The predicted octanol–water partition coefficient (Wildman–Crippen LogP) is 4.37. The highest BCUT2D eigenvalue weighted by Crippen LogP contribution is 2.25. The fourth-order valence-corrected chi connectivity index (χ4v) is 3.41. The van der Waals surface area contributed by atoms with Gasteiger partial charge >= 0.3 is 0 Å². The van der Waals surface area contributed by atoms with Crippen molar-refractivity contribution in [2.45, 2.75) is 19.4 Å². The van der Waals surface area contributed by atoms with Crippen LogP contribution in [0.3, 0.4) is 0 Å². The van der Waals surface area contributed by atoms with Gasteiger partial charge in [-0.1, -0.05) is 47.1 Å². The largest absolute Gasteiger partial charge is 0.370 e. The van der Waals surface area contributed by atoms with E-state index < -0.39 is 0 Å². The second kappa shape index (κ2) is 8.11. The van der Waals surface area contributed by atoms with Crippen LogP contribution in [-0.2, 0) is 16.0 Å². The fraction of sp³-hybridized carbons (Fsp3) is 0.350. The van der Waals surface area contributed by atoms with Gasteiger partial charge in [-0.05, 0) is 41.8 Å². The molecule has 3 rings (SSSR count). The van der Waals surface area contributed by atoms with E-state index >= 15 is 0 Å². The zero-order chi connectivity index (χ0) is 17.8. The topological polar surface area (TPSA) is 29.5 Å². The van der Waals surface area contributed by atoms with Crippen molar-refractivity contribution in [3.05, 3.63) is 69.9 Å². The number of ether oxygens (including phenoxy) is 1. The summed E-state index contributed by atoms with van der Waals surface area (Å²) in [6.07, 6.45) is 0.434. The highest BCUT2D eigenvalue weighted by atomic mass is 79.9. The van der Waals surface area contributed by atoms with Crippen LogP contribution in [0.15, 0.2) is 53.0 Å². The van der Waals surface area contributed by atoms with Crippen molar-refractivity contribution in [2.24, 2.45) is 5.92 Å². The second-order valence-corrected chi connectivity index (χ2v) is 7.35. The number of hydrogen-bond donors (Lipinski definition) is 0. The molecule has 1 amide bonds. The van der Waals surface area contributed by atoms with Crippen molar-refractivity contribution < 1.29 is 13.9 Å². The zero-order valence-electron chi connectivity index (χ0n) is 14.1. The normalized spacial score (nSPS) is 18.8. The Bertz CT molecular complexity index is 735. The van der Waals surface area contributed by atoms with Crippen molar-refractivity contribution in [2.75, 3.05) is 19.7 Å². The molecule has 0 saturated carbocycles. The summed E-state index contributed by atoms with van der Waals surface area (Å²) in [7, 11) is 0. The van der Waals surface area contributed by atoms with E-state index in [2.05, 4.69) is 15.9 Å². The highest BCUT2D eigenvalue weighted by Gasteiger charge is 2.28. The van der Waals surface area contributed by atoms with Crippen molar-refractivity contribution >= 4 is 21.8 Å². The minimum absolute atomic E-state index is 0.0923. The van der Waals surface area contributed by atoms with Crippen LogP contribution in [0.25, 0.3) is 0 Å². The Morgan fingerprint density at radius 2 is 2.08 bits per heavy atom. The quantitative estimate of drug-likeness (QED) is 0.755. The van der Waals surface area contributed by atoms with Crippen LogP contribution in [0, 0.1) is 11.7 Å². The van der Waals surface area contributed by atoms with Gasteiger partial charge < -0.3 is 9.64 Å². The van der Waals surface area contributed by atoms with E-state index in [1.165, 1.54) is 12.1 Å². The first-order valence-corrected chi connectivity index (χ1v) is 9.22. The van der Waals surface area contributed by atoms with Gasteiger partial charge in [0.2, 0.25) is 5.91 Å². The summed E-state index contributed by atoms with van der Waals surface area (Å²) in [5.74, 6) is -0.362. The molecule has 0 bridgehead atoms. The van der Waals surface area contributed by atoms with Crippen LogP contribution in [0.2, 0.25) is 0 Å². The molecule has 1 heterocycles. The van der Waals surface area contributed by atoms with Gasteiger partial charge in [-0.2, -0.15) is 0 Å². The lowest BCUT2D eigenvalue weighted by molar-refractivity contribution is -0.142. The molecule has 2 aromatic rings. The van der Waals surface area contributed by atoms with Crippen LogP contribution < -0.4 is 0 Å². The summed E-state index contributed by atoms with van der Waals surface area (Å²) < 4.78 is 20.2. The Kier molecular flexibility index (Phi) is 5.86. The molecule has 2 unspecified atom stereocenters. The first kappa shape index (κ1) is 18.1. The van der Waals surface area contributed by atoms with Crippen molar-refractivity contribution in [3.8, 4) is 0 Å². The maximum atomic E-state index is 13.3. The monoisotopic (exact) mass is 405 g/mol. The smallest absolute Gasteiger partial charge is 0.225 e. The lowest BCUT2D eigenvalue weighted by Crippen LogP contribution is -2.44. The number of amides is 1. The summed E-state index contributed by atoms with van der Waals surface area (Å²) in [5.41, 5.74) is 1.91. The van der Waals surface area contributed by atoms with E-state index in [1.54, 1.807) is 6.07 Å².